The van der Waals surface area contributed by atoms with Crippen molar-refractivity contribution in [1.82, 2.24) is 0 Å². The van der Waals surface area contributed by atoms with Crippen molar-refractivity contribution in [3.63, 3.8) is 0 Å². The number of aryl methyl sites for hydroxylation is 3. The lowest BCUT2D eigenvalue weighted by Crippen LogP contribution is -2.12. The van der Waals surface area contributed by atoms with E-state index in [1.165, 1.54) is 67.8 Å². The van der Waals surface area contributed by atoms with Gasteiger partial charge in [-0.25, -0.2) is 0 Å². The van der Waals surface area contributed by atoms with Gasteiger partial charge in [0.05, 0.1) is 0 Å². The second-order valence-corrected chi connectivity index (χ2v) is 8.13. The summed E-state index contributed by atoms with van der Waals surface area (Å²) in [5.41, 5.74) is 17.4. The SMILES string of the molecule is CCCCCCc1ccc2c(c1)CCCN2.Cc1cc(O)cc(N)c1CCC(N)=O. The number of carbonyl (C=O) groups is 1. The average Bonchev–Trinajstić information content (AvgIpc) is 2.70. The lowest BCUT2D eigenvalue weighted by Gasteiger charge is -2.18. The van der Waals surface area contributed by atoms with Gasteiger partial charge in [-0.1, -0.05) is 38.3 Å². The van der Waals surface area contributed by atoms with Gasteiger partial charge in [0.15, 0.2) is 0 Å². The minimum atomic E-state index is -0.350. The second kappa shape index (κ2) is 12.1. The molecule has 1 aliphatic rings. The molecule has 0 saturated carbocycles. The van der Waals surface area contributed by atoms with Crippen molar-refractivity contribution >= 4 is 17.3 Å². The molecule has 0 fully saturated rings. The molecule has 0 radical (unpaired) electrons. The molecule has 2 aromatic rings. The highest BCUT2D eigenvalue weighted by molar-refractivity contribution is 5.74. The third-order valence-corrected chi connectivity index (χ3v) is 5.54. The predicted molar refractivity (Wildman–Crippen MR) is 126 cm³/mol. The van der Waals surface area contributed by atoms with Crippen LogP contribution < -0.4 is 16.8 Å². The molecule has 1 aliphatic heterocycles. The zero-order valence-electron chi connectivity index (χ0n) is 18.5. The first-order valence-corrected chi connectivity index (χ1v) is 11.1. The number of unbranched alkanes of at least 4 members (excludes halogenated alkanes) is 3. The van der Waals surface area contributed by atoms with E-state index in [1.54, 1.807) is 6.07 Å². The highest BCUT2D eigenvalue weighted by Crippen LogP contribution is 2.25. The fraction of sp³-hybridized carbons (Fsp3) is 0.480. The Morgan fingerprint density at radius 3 is 2.63 bits per heavy atom. The smallest absolute Gasteiger partial charge is 0.217 e. The zero-order valence-corrected chi connectivity index (χ0v) is 18.5. The molecular weight excluding hydrogens is 374 g/mol. The van der Waals surface area contributed by atoms with E-state index in [1.807, 2.05) is 6.92 Å². The first-order valence-electron chi connectivity index (χ1n) is 11.1. The molecule has 5 heteroatoms. The van der Waals surface area contributed by atoms with Gasteiger partial charge < -0.3 is 21.9 Å². The third kappa shape index (κ3) is 7.62. The molecule has 164 valence electrons. The summed E-state index contributed by atoms with van der Waals surface area (Å²) in [6.45, 7) is 5.25. The first-order chi connectivity index (χ1) is 14.4. The molecule has 30 heavy (non-hydrogen) atoms. The van der Waals surface area contributed by atoms with Crippen molar-refractivity contribution in [2.24, 2.45) is 5.73 Å². The van der Waals surface area contributed by atoms with Crippen molar-refractivity contribution < 1.29 is 9.90 Å². The summed E-state index contributed by atoms with van der Waals surface area (Å²) in [4.78, 5) is 10.6. The van der Waals surface area contributed by atoms with Crippen LogP contribution in [0.5, 0.6) is 5.75 Å². The van der Waals surface area contributed by atoms with E-state index in [9.17, 15) is 9.90 Å². The number of phenols is 1. The number of benzene rings is 2. The molecule has 0 aromatic heterocycles. The number of nitrogens with two attached hydrogens (primary N) is 2. The van der Waals surface area contributed by atoms with E-state index in [2.05, 4.69) is 30.4 Å². The highest BCUT2D eigenvalue weighted by atomic mass is 16.3. The Balaban J connectivity index is 0.000000216. The first kappa shape index (κ1) is 23.6. The van der Waals surface area contributed by atoms with Crippen LogP contribution in [-0.2, 0) is 24.1 Å². The van der Waals surface area contributed by atoms with Crippen molar-refractivity contribution in [3.8, 4) is 5.75 Å². The van der Waals surface area contributed by atoms with E-state index in [0.29, 0.717) is 12.1 Å². The summed E-state index contributed by atoms with van der Waals surface area (Å²) < 4.78 is 0. The van der Waals surface area contributed by atoms with E-state index in [-0.39, 0.29) is 18.1 Å². The summed E-state index contributed by atoms with van der Waals surface area (Å²) in [5.74, 6) is -0.209. The lowest BCUT2D eigenvalue weighted by molar-refractivity contribution is -0.117. The summed E-state index contributed by atoms with van der Waals surface area (Å²) in [6, 6.07) is 10.1. The molecule has 0 atom stereocenters. The monoisotopic (exact) mass is 411 g/mol. The molecule has 2 aromatic carbocycles. The van der Waals surface area contributed by atoms with Gasteiger partial charge in [0.1, 0.15) is 5.75 Å². The minimum absolute atomic E-state index is 0.142. The number of nitrogens with one attached hydrogen (secondary N) is 1. The van der Waals surface area contributed by atoms with Gasteiger partial charge in [-0.05, 0) is 73.4 Å². The number of primary amides is 1. The molecule has 3 rings (SSSR count). The fourth-order valence-corrected chi connectivity index (χ4v) is 3.85. The molecular formula is C25H37N3O2. The number of aromatic hydroxyl groups is 1. The van der Waals surface area contributed by atoms with Gasteiger partial charge in [0, 0.05) is 30.4 Å². The maximum atomic E-state index is 10.6. The number of phenolic OH excluding ortho intramolecular Hbond substituents is 1. The van der Waals surface area contributed by atoms with Crippen LogP contribution in [0.4, 0.5) is 11.4 Å². The molecule has 1 amide bonds. The Labute approximate surface area is 180 Å². The maximum Gasteiger partial charge on any atom is 0.217 e. The molecule has 0 aliphatic carbocycles. The number of amides is 1. The van der Waals surface area contributed by atoms with Crippen LogP contribution in [0.25, 0.3) is 0 Å². The average molecular weight is 412 g/mol. The molecule has 6 N–H and O–H groups in total. The summed E-state index contributed by atoms with van der Waals surface area (Å²) in [5, 5.41) is 12.7. The Bertz CT molecular complexity index is 810. The van der Waals surface area contributed by atoms with Crippen molar-refractivity contribution in [3.05, 3.63) is 52.6 Å². The number of hydrogen-bond donors (Lipinski definition) is 4. The number of fused-ring (bicyclic) bond motifs is 1. The third-order valence-electron chi connectivity index (χ3n) is 5.54. The summed E-state index contributed by atoms with van der Waals surface area (Å²) in [7, 11) is 0. The zero-order chi connectivity index (χ0) is 21.9. The Morgan fingerprint density at radius 2 is 1.93 bits per heavy atom. The number of anilines is 2. The standard InChI is InChI=1S/C15H23N.C10H14N2O2/c1-2-3-4-5-7-13-9-10-15-14(12-13)8-6-11-16-15;1-6-4-7(13)5-9(11)8(6)2-3-10(12)14/h9-10,12,16H,2-8,11H2,1H3;4-5,13H,2-3,11H2,1H3,(H2,12,14). The molecule has 0 unspecified atom stereocenters. The lowest BCUT2D eigenvalue weighted by atomic mass is 9.98. The molecule has 0 spiro atoms. The summed E-state index contributed by atoms with van der Waals surface area (Å²) >= 11 is 0. The number of nitrogen functional groups attached to an aromatic ring is 1. The largest absolute Gasteiger partial charge is 0.508 e. The highest BCUT2D eigenvalue weighted by Gasteiger charge is 2.08. The Hall–Kier alpha value is -2.69. The molecule has 0 bridgehead atoms. The van der Waals surface area contributed by atoms with Crippen molar-refractivity contribution in [1.29, 1.82) is 0 Å². The van der Waals surface area contributed by atoms with Gasteiger partial charge in [-0.3, -0.25) is 4.79 Å². The minimum Gasteiger partial charge on any atom is -0.508 e. The van der Waals surface area contributed by atoms with Crippen LogP contribution in [0, 0.1) is 6.92 Å². The van der Waals surface area contributed by atoms with Crippen LogP contribution in [0.3, 0.4) is 0 Å². The topological polar surface area (TPSA) is 101 Å². The number of rotatable bonds is 8. The number of hydrogen-bond acceptors (Lipinski definition) is 4. The van der Waals surface area contributed by atoms with E-state index >= 15 is 0 Å². The van der Waals surface area contributed by atoms with E-state index < -0.39 is 0 Å². The number of carbonyl (C=O) groups excluding carboxylic acids is 1. The predicted octanol–water partition coefficient (Wildman–Crippen LogP) is 4.87. The van der Waals surface area contributed by atoms with Crippen LogP contribution in [-0.4, -0.2) is 17.6 Å². The van der Waals surface area contributed by atoms with Crippen molar-refractivity contribution in [2.75, 3.05) is 17.6 Å². The van der Waals surface area contributed by atoms with Crippen LogP contribution in [0.2, 0.25) is 0 Å². The maximum absolute atomic E-state index is 10.6. The molecule has 5 nitrogen and oxygen atoms in total. The molecule has 0 saturated heterocycles. The van der Waals surface area contributed by atoms with Crippen LogP contribution >= 0.6 is 0 Å². The fourth-order valence-electron chi connectivity index (χ4n) is 3.85. The van der Waals surface area contributed by atoms with Gasteiger partial charge in [-0.15, -0.1) is 0 Å². The quantitative estimate of drug-likeness (QED) is 0.368. The normalized spacial score (nSPS) is 12.3. The van der Waals surface area contributed by atoms with Gasteiger partial charge in [0.25, 0.3) is 0 Å². The van der Waals surface area contributed by atoms with Gasteiger partial charge in [0.2, 0.25) is 5.91 Å². The Morgan fingerprint density at radius 1 is 1.13 bits per heavy atom. The van der Waals surface area contributed by atoms with E-state index in [4.69, 9.17) is 11.5 Å². The Kier molecular flexibility index (Phi) is 9.52. The van der Waals surface area contributed by atoms with E-state index in [0.717, 1.165) is 17.7 Å². The van der Waals surface area contributed by atoms with Gasteiger partial charge in [-0.2, -0.15) is 0 Å². The van der Waals surface area contributed by atoms with Gasteiger partial charge >= 0.3 is 0 Å². The second-order valence-electron chi connectivity index (χ2n) is 8.13. The molecule has 1 heterocycles. The van der Waals surface area contributed by atoms with Crippen LogP contribution in [0.1, 0.15) is 67.7 Å². The van der Waals surface area contributed by atoms with Crippen molar-refractivity contribution in [2.45, 2.75) is 71.6 Å². The van der Waals surface area contributed by atoms with Crippen LogP contribution in [0.15, 0.2) is 30.3 Å². The summed E-state index contributed by atoms with van der Waals surface area (Å²) in [6.07, 6.45) is 10.0.